The van der Waals surface area contributed by atoms with Crippen LogP contribution in [0.4, 0.5) is 0 Å². The number of nitrogens with one attached hydrogen (secondary N) is 1. The first-order valence-corrected chi connectivity index (χ1v) is 11.3. The van der Waals surface area contributed by atoms with Crippen molar-refractivity contribution in [3.8, 4) is 11.5 Å². The lowest BCUT2D eigenvalue weighted by atomic mass is 10.0. The highest BCUT2D eigenvalue weighted by Crippen LogP contribution is 2.30. The first-order chi connectivity index (χ1) is 14.2. The largest absolute Gasteiger partial charge is 0.497 e. The number of hydrogen-bond donors (Lipinski definition) is 1. The van der Waals surface area contributed by atoms with Crippen molar-refractivity contribution >= 4 is 5.91 Å². The predicted molar refractivity (Wildman–Crippen MR) is 114 cm³/mol. The van der Waals surface area contributed by atoms with Crippen molar-refractivity contribution in [3.63, 3.8) is 0 Å². The zero-order chi connectivity index (χ0) is 20.1. The molecule has 2 heterocycles. The van der Waals surface area contributed by atoms with Crippen molar-refractivity contribution in [1.82, 2.24) is 15.1 Å². The van der Waals surface area contributed by atoms with Crippen LogP contribution < -0.4 is 14.8 Å². The van der Waals surface area contributed by atoms with Crippen LogP contribution in [0.5, 0.6) is 11.5 Å². The summed E-state index contributed by atoms with van der Waals surface area (Å²) < 4.78 is 11.8. The Morgan fingerprint density at radius 1 is 1.00 bits per heavy atom. The third-order valence-corrected chi connectivity index (χ3v) is 6.66. The number of nitrogens with zero attached hydrogens (tertiary/aromatic N) is 2. The van der Waals surface area contributed by atoms with Gasteiger partial charge in [-0.1, -0.05) is 12.8 Å². The summed E-state index contributed by atoms with van der Waals surface area (Å²) in [5, 5.41) is 3.36. The van der Waals surface area contributed by atoms with Crippen molar-refractivity contribution in [2.24, 2.45) is 0 Å². The molecule has 29 heavy (non-hydrogen) atoms. The molecule has 3 fully saturated rings. The fraction of sp³-hybridized carbons (Fsp3) is 0.696. The van der Waals surface area contributed by atoms with Gasteiger partial charge in [0.1, 0.15) is 17.6 Å². The van der Waals surface area contributed by atoms with Gasteiger partial charge < -0.3 is 24.6 Å². The summed E-state index contributed by atoms with van der Waals surface area (Å²) in [4.78, 5) is 17.8. The van der Waals surface area contributed by atoms with Crippen LogP contribution >= 0.6 is 0 Å². The molecular weight excluding hydrogens is 366 g/mol. The number of carbonyl (C=O) groups is 1. The van der Waals surface area contributed by atoms with Crippen LogP contribution in [0, 0.1) is 0 Å². The Balaban J connectivity index is 1.43. The van der Waals surface area contributed by atoms with Crippen LogP contribution in [0.25, 0.3) is 0 Å². The molecule has 1 amide bonds. The number of methoxy groups -OCH3 is 1. The monoisotopic (exact) mass is 401 g/mol. The van der Waals surface area contributed by atoms with Crippen molar-refractivity contribution in [1.29, 1.82) is 0 Å². The highest BCUT2D eigenvalue weighted by Gasteiger charge is 2.29. The minimum atomic E-state index is 0.0472. The Morgan fingerprint density at radius 3 is 2.55 bits per heavy atom. The Labute approximate surface area is 174 Å². The Morgan fingerprint density at radius 2 is 1.79 bits per heavy atom. The molecule has 1 aromatic rings. The number of hydrogen-bond acceptors (Lipinski definition) is 5. The Hall–Kier alpha value is -1.79. The molecule has 1 aromatic carbocycles. The highest BCUT2D eigenvalue weighted by atomic mass is 16.5. The lowest BCUT2D eigenvalue weighted by Gasteiger charge is -2.36. The molecule has 4 rings (SSSR count). The maximum absolute atomic E-state index is 13.3. The van der Waals surface area contributed by atoms with Crippen LogP contribution in [0.15, 0.2) is 18.2 Å². The average molecular weight is 402 g/mol. The number of benzene rings is 1. The molecule has 6 heteroatoms. The molecule has 0 radical (unpaired) electrons. The molecule has 160 valence electrons. The summed E-state index contributed by atoms with van der Waals surface area (Å²) in [7, 11) is 1.64. The number of likely N-dealkylation sites (tertiary alicyclic amines) is 1. The van der Waals surface area contributed by atoms with Crippen molar-refractivity contribution in [2.45, 2.75) is 57.1 Å². The maximum Gasteiger partial charge on any atom is 0.257 e. The normalized spacial score (nSPS) is 22.4. The number of carbonyl (C=O) groups excluding carboxylic acids is 1. The molecule has 0 spiro atoms. The molecule has 1 saturated carbocycles. The first kappa shape index (κ1) is 20.5. The highest BCUT2D eigenvalue weighted by molar-refractivity contribution is 5.97. The summed E-state index contributed by atoms with van der Waals surface area (Å²) in [5.41, 5.74) is 0.629. The zero-order valence-electron chi connectivity index (χ0n) is 17.7. The fourth-order valence-electron chi connectivity index (χ4n) is 4.93. The summed E-state index contributed by atoms with van der Waals surface area (Å²) in [5.74, 6) is 1.45. The third-order valence-electron chi connectivity index (χ3n) is 6.66. The summed E-state index contributed by atoms with van der Waals surface area (Å²) in [6, 6.07) is 6.42. The fourth-order valence-corrected chi connectivity index (χ4v) is 4.93. The van der Waals surface area contributed by atoms with Gasteiger partial charge >= 0.3 is 0 Å². The second kappa shape index (κ2) is 9.81. The zero-order valence-corrected chi connectivity index (χ0v) is 17.7. The van der Waals surface area contributed by atoms with Gasteiger partial charge in [0.2, 0.25) is 0 Å². The van der Waals surface area contributed by atoms with Crippen LogP contribution in [0.3, 0.4) is 0 Å². The second-order valence-corrected chi connectivity index (χ2v) is 8.55. The summed E-state index contributed by atoms with van der Waals surface area (Å²) in [6.45, 7) is 5.52. The Bertz CT molecular complexity index is 674. The molecule has 0 aromatic heterocycles. The van der Waals surface area contributed by atoms with Crippen molar-refractivity contribution in [2.75, 3.05) is 46.4 Å². The van der Waals surface area contributed by atoms with E-state index in [1.807, 2.05) is 23.1 Å². The van der Waals surface area contributed by atoms with E-state index >= 15 is 0 Å². The number of piperidine rings is 1. The van der Waals surface area contributed by atoms with E-state index in [9.17, 15) is 4.79 Å². The molecule has 1 N–H and O–H groups in total. The van der Waals surface area contributed by atoms with E-state index in [0.29, 0.717) is 17.1 Å². The average Bonchev–Trinajstić information content (AvgIpc) is 3.16. The third kappa shape index (κ3) is 5.04. The lowest BCUT2D eigenvalue weighted by Crippen LogP contribution is -2.43. The minimum Gasteiger partial charge on any atom is -0.497 e. The molecule has 0 unspecified atom stereocenters. The first-order valence-electron chi connectivity index (χ1n) is 11.3. The van der Waals surface area contributed by atoms with E-state index in [0.717, 1.165) is 64.6 Å². The van der Waals surface area contributed by atoms with Gasteiger partial charge in [0.15, 0.2) is 0 Å². The van der Waals surface area contributed by atoms with Crippen molar-refractivity contribution < 1.29 is 14.3 Å². The summed E-state index contributed by atoms with van der Waals surface area (Å²) >= 11 is 0. The molecule has 3 aliphatic rings. The number of ether oxygens (including phenoxy) is 2. The second-order valence-electron chi connectivity index (χ2n) is 8.55. The standard InChI is InChI=1S/C23H35N3O3/c1-28-20-7-8-22(21(17-20)23(27)26-13-4-11-24-12-16-26)29-19-9-14-25(15-10-19)18-5-2-3-6-18/h7-8,17-19,24H,2-6,9-16H2,1H3. The van der Waals surface area contributed by atoms with E-state index in [1.165, 1.54) is 25.7 Å². The molecule has 0 atom stereocenters. The van der Waals surface area contributed by atoms with Gasteiger partial charge in [0.25, 0.3) is 5.91 Å². The molecule has 1 aliphatic carbocycles. The van der Waals surface area contributed by atoms with E-state index in [2.05, 4.69) is 10.2 Å². The molecule has 2 aliphatic heterocycles. The SMILES string of the molecule is COc1ccc(OC2CCN(C3CCCC3)CC2)c(C(=O)N2CCCNCC2)c1. The van der Waals surface area contributed by atoms with Crippen LogP contribution in [-0.2, 0) is 0 Å². The minimum absolute atomic E-state index is 0.0472. The molecule has 6 nitrogen and oxygen atoms in total. The van der Waals surface area contributed by atoms with E-state index in [4.69, 9.17) is 9.47 Å². The van der Waals surface area contributed by atoms with Gasteiger partial charge in [-0.05, 0) is 56.8 Å². The van der Waals surface area contributed by atoms with Crippen LogP contribution in [0.1, 0.15) is 55.3 Å². The van der Waals surface area contributed by atoms with Gasteiger partial charge in [0.05, 0.1) is 12.7 Å². The molecular formula is C23H35N3O3. The van der Waals surface area contributed by atoms with Gasteiger partial charge in [-0.2, -0.15) is 0 Å². The molecule has 2 saturated heterocycles. The van der Waals surface area contributed by atoms with Gasteiger partial charge in [-0.3, -0.25) is 4.79 Å². The number of amides is 1. The number of rotatable bonds is 5. The predicted octanol–water partition coefficient (Wildman–Crippen LogP) is 2.92. The molecule has 0 bridgehead atoms. The van der Waals surface area contributed by atoms with E-state index in [-0.39, 0.29) is 12.0 Å². The topological polar surface area (TPSA) is 54.0 Å². The maximum atomic E-state index is 13.3. The smallest absolute Gasteiger partial charge is 0.257 e. The van der Waals surface area contributed by atoms with E-state index < -0.39 is 0 Å². The van der Waals surface area contributed by atoms with Gasteiger partial charge in [-0.15, -0.1) is 0 Å². The quantitative estimate of drug-likeness (QED) is 0.822. The Kier molecular flexibility index (Phi) is 6.93. The lowest BCUT2D eigenvalue weighted by molar-refractivity contribution is 0.0700. The van der Waals surface area contributed by atoms with Gasteiger partial charge in [-0.25, -0.2) is 0 Å². The van der Waals surface area contributed by atoms with E-state index in [1.54, 1.807) is 7.11 Å². The van der Waals surface area contributed by atoms with Crippen LogP contribution in [0.2, 0.25) is 0 Å². The van der Waals surface area contributed by atoms with Crippen LogP contribution in [-0.4, -0.2) is 74.2 Å². The van der Waals surface area contributed by atoms with Crippen molar-refractivity contribution in [3.05, 3.63) is 23.8 Å². The summed E-state index contributed by atoms with van der Waals surface area (Å²) in [6.07, 6.45) is 8.69. The van der Waals surface area contributed by atoms with Gasteiger partial charge in [0, 0.05) is 38.8 Å².